The van der Waals surface area contributed by atoms with Gasteiger partial charge in [-0.3, -0.25) is 9.89 Å². The molecule has 28 heavy (non-hydrogen) atoms. The molecule has 2 aromatic rings. The van der Waals surface area contributed by atoms with E-state index in [1.807, 2.05) is 13.1 Å². The first-order valence-corrected chi connectivity index (χ1v) is 9.79. The number of aliphatic imine (C=N–C) groups is 1. The maximum absolute atomic E-state index is 4.93. The van der Waals surface area contributed by atoms with Crippen LogP contribution in [0.15, 0.2) is 52.2 Å². The smallest absolute Gasteiger partial charge is 0.193 e. The first kappa shape index (κ1) is 22.7. The molecular formula is C21H32IN5O. The third-order valence-electron chi connectivity index (χ3n) is 5.27. The molecule has 1 atom stereocenters. The monoisotopic (exact) mass is 497 g/mol. The summed E-state index contributed by atoms with van der Waals surface area (Å²) in [5, 5.41) is 7.62. The molecule has 0 bridgehead atoms. The van der Waals surface area contributed by atoms with E-state index in [1.54, 1.807) is 6.26 Å². The summed E-state index contributed by atoms with van der Waals surface area (Å²) in [7, 11) is 1.87. The Morgan fingerprint density at radius 1 is 1.14 bits per heavy atom. The number of nitrogens with zero attached hydrogens (tertiary/aromatic N) is 4. The van der Waals surface area contributed by atoms with Gasteiger partial charge in [-0.15, -0.1) is 24.0 Å². The SMILES string of the molecule is CN=C(NCC(c1ccccc1)C(C)C)N1CCN(Cc2ccon2)CC1.I. The Morgan fingerprint density at radius 3 is 2.43 bits per heavy atom. The average Bonchev–Trinajstić information content (AvgIpc) is 3.20. The first-order chi connectivity index (χ1) is 13.2. The summed E-state index contributed by atoms with van der Waals surface area (Å²) in [6, 6.07) is 12.7. The largest absolute Gasteiger partial charge is 0.364 e. The fraction of sp³-hybridized carbons (Fsp3) is 0.524. The van der Waals surface area contributed by atoms with Crippen molar-refractivity contribution in [2.24, 2.45) is 10.9 Å². The number of aromatic nitrogens is 1. The Kier molecular flexibility index (Phi) is 9.24. The van der Waals surface area contributed by atoms with E-state index in [1.165, 1.54) is 5.56 Å². The zero-order valence-electron chi connectivity index (χ0n) is 17.0. The van der Waals surface area contributed by atoms with Crippen LogP contribution in [-0.4, -0.2) is 60.7 Å². The van der Waals surface area contributed by atoms with Gasteiger partial charge in [0.1, 0.15) is 6.26 Å². The van der Waals surface area contributed by atoms with Crippen LogP contribution in [0.4, 0.5) is 0 Å². The standard InChI is InChI=1S/C21H31N5O.HI/c1-17(2)20(18-7-5-4-6-8-18)15-23-21(22-3)26-12-10-25(11-13-26)16-19-9-14-27-24-19;/h4-9,14,17,20H,10-13,15-16H2,1-3H3,(H,22,23);1H. The van der Waals surface area contributed by atoms with Crippen LogP contribution in [0.25, 0.3) is 0 Å². The highest BCUT2D eigenvalue weighted by Crippen LogP contribution is 2.23. The Bertz CT molecular complexity index is 697. The molecule has 1 aliphatic heterocycles. The van der Waals surface area contributed by atoms with Gasteiger partial charge in [0.2, 0.25) is 0 Å². The van der Waals surface area contributed by atoms with Gasteiger partial charge in [0.25, 0.3) is 0 Å². The molecule has 0 saturated carbocycles. The van der Waals surface area contributed by atoms with E-state index in [0.717, 1.165) is 50.9 Å². The van der Waals surface area contributed by atoms with Crippen molar-refractivity contribution in [1.82, 2.24) is 20.3 Å². The van der Waals surface area contributed by atoms with Gasteiger partial charge in [-0.25, -0.2) is 0 Å². The van der Waals surface area contributed by atoms with E-state index >= 15 is 0 Å². The van der Waals surface area contributed by atoms with Gasteiger partial charge in [0, 0.05) is 58.3 Å². The molecular weight excluding hydrogens is 465 g/mol. The van der Waals surface area contributed by atoms with Gasteiger partial charge in [-0.2, -0.15) is 0 Å². The van der Waals surface area contributed by atoms with E-state index in [2.05, 4.69) is 69.4 Å². The van der Waals surface area contributed by atoms with Crippen molar-refractivity contribution in [1.29, 1.82) is 0 Å². The molecule has 0 amide bonds. The molecule has 1 aromatic heterocycles. The van der Waals surface area contributed by atoms with Gasteiger partial charge < -0.3 is 14.7 Å². The van der Waals surface area contributed by atoms with Crippen LogP contribution in [0.3, 0.4) is 0 Å². The normalized spacial score (nSPS) is 16.7. The second-order valence-corrected chi connectivity index (χ2v) is 7.44. The molecule has 3 rings (SSSR count). The zero-order chi connectivity index (χ0) is 19.1. The summed E-state index contributed by atoms with van der Waals surface area (Å²) in [5.74, 6) is 2.03. The van der Waals surface area contributed by atoms with E-state index < -0.39 is 0 Å². The van der Waals surface area contributed by atoms with E-state index in [9.17, 15) is 0 Å². The molecule has 1 aromatic carbocycles. The average molecular weight is 497 g/mol. The second kappa shape index (κ2) is 11.4. The molecule has 1 aliphatic rings. The fourth-order valence-corrected chi connectivity index (χ4v) is 3.64. The van der Waals surface area contributed by atoms with Crippen molar-refractivity contribution in [2.75, 3.05) is 39.8 Å². The number of halogens is 1. The Labute approximate surface area is 185 Å². The maximum atomic E-state index is 4.93. The summed E-state index contributed by atoms with van der Waals surface area (Å²) in [6.45, 7) is 10.2. The van der Waals surface area contributed by atoms with Crippen LogP contribution in [0.5, 0.6) is 0 Å². The van der Waals surface area contributed by atoms with Crippen LogP contribution in [0.2, 0.25) is 0 Å². The Hall–Kier alpha value is -1.61. The molecule has 1 saturated heterocycles. The summed E-state index contributed by atoms with van der Waals surface area (Å²) in [4.78, 5) is 9.28. The lowest BCUT2D eigenvalue weighted by Crippen LogP contribution is -2.52. The molecule has 2 heterocycles. The van der Waals surface area contributed by atoms with Crippen molar-refractivity contribution < 1.29 is 4.52 Å². The van der Waals surface area contributed by atoms with Gasteiger partial charge in [0.05, 0.1) is 5.69 Å². The summed E-state index contributed by atoms with van der Waals surface area (Å²) < 4.78 is 4.93. The summed E-state index contributed by atoms with van der Waals surface area (Å²) in [5.41, 5.74) is 2.38. The lowest BCUT2D eigenvalue weighted by atomic mass is 9.88. The number of hydrogen-bond acceptors (Lipinski definition) is 4. The van der Waals surface area contributed by atoms with Gasteiger partial charge in [-0.05, 0) is 11.5 Å². The quantitative estimate of drug-likeness (QED) is 0.377. The highest BCUT2D eigenvalue weighted by atomic mass is 127. The second-order valence-electron chi connectivity index (χ2n) is 7.44. The Morgan fingerprint density at radius 2 is 1.86 bits per heavy atom. The van der Waals surface area contributed by atoms with Gasteiger partial charge in [0.15, 0.2) is 5.96 Å². The fourth-order valence-electron chi connectivity index (χ4n) is 3.64. The molecule has 1 unspecified atom stereocenters. The molecule has 0 radical (unpaired) electrons. The van der Waals surface area contributed by atoms with Crippen LogP contribution in [0.1, 0.15) is 31.0 Å². The van der Waals surface area contributed by atoms with Crippen LogP contribution >= 0.6 is 24.0 Å². The number of piperazine rings is 1. The predicted octanol–water partition coefficient (Wildman–Crippen LogP) is 3.43. The van der Waals surface area contributed by atoms with E-state index in [4.69, 9.17) is 4.52 Å². The lowest BCUT2D eigenvalue weighted by molar-refractivity contribution is 0.169. The summed E-state index contributed by atoms with van der Waals surface area (Å²) >= 11 is 0. The molecule has 0 spiro atoms. The third kappa shape index (κ3) is 6.20. The minimum atomic E-state index is 0. The van der Waals surface area contributed by atoms with Crippen molar-refractivity contribution in [3.8, 4) is 0 Å². The molecule has 0 aliphatic carbocycles. The first-order valence-electron chi connectivity index (χ1n) is 9.79. The van der Waals surface area contributed by atoms with Crippen molar-refractivity contribution in [2.45, 2.75) is 26.3 Å². The predicted molar refractivity (Wildman–Crippen MR) is 124 cm³/mol. The molecule has 1 fully saturated rings. The number of hydrogen-bond donors (Lipinski definition) is 1. The topological polar surface area (TPSA) is 56.9 Å². The molecule has 154 valence electrons. The number of benzene rings is 1. The highest BCUT2D eigenvalue weighted by Gasteiger charge is 2.22. The van der Waals surface area contributed by atoms with E-state index in [-0.39, 0.29) is 24.0 Å². The van der Waals surface area contributed by atoms with Crippen LogP contribution < -0.4 is 5.32 Å². The number of nitrogens with one attached hydrogen (secondary N) is 1. The highest BCUT2D eigenvalue weighted by molar-refractivity contribution is 14.0. The van der Waals surface area contributed by atoms with Crippen LogP contribution in [0, 0.1) is 5.92 Å². The minimum absolute atomic E-state index is 0. The third-order valence-corrected chi connectivity index (χ3v) is 5.27. The van der Waals surface area contributed by atoms with Crippen molar-refractivity contribution in [3.05, 3.63) is 53.9 Å². The molecule has 1 N–H and O–H groups in total. The minimum Gasteiger partial charge on any atom is -0.364 e. The number of guanidine groups is 1. The lowest BCUT2D eigenvalue weighted by Gasteiger charge is -2.36. The van der Waals surface area contributed by atoms with Crippen LogP contribution in [-0.2, 0) is 6.54 Å². The van der Waals surface area contributed by atoms with Crippen molar-refractivity contribution in [3.63, 3.8) is 0 Å². The van der Waals surface area contributed by atoms with E-state index in [0.29, 0.717) is 11.8 Å². The van der Waals surface area contributed by atoms with Crippen molar-refractivity contribution >= 4 is 29.9 Å². The van der Waals surface area contributed by atoms with Gasteiger partial charge in [-0.1, -0.05) is 49.3 Å². The van der Waals surface area contributed by atoms with Gasteiger partial charge >= 0.3 is 0 Å². The molecule has 7 heteroatoms. The Balaban J connectivity index is 0.00000280. The molecule has 6 nitrogen and oxygen atoms in total. The summed E-state index contributed by atoms with van der Waals surface area (Å²) in [6.07, 6.45) is 1.63. The number of rotatable bonds is 6. The zero-order valence-corrected chi connectivity index (χ0v) is 19.4. The maximum Gasteiger partial charge on any atom is 0.193 e.